The first-order chi connectivity index (χ1) is 9.08. The van der Waals surface area contributed by atoms with Crippen LogP contribution in [0.4, 0.5) is 0 Å². The summed E-state index contributed by atoms with van der Waals surface area (Å²) in [7, 11) is 1.96. The van der Waals surface area contributed by atoms with E-state index in [-0.39, 0.29) is 0 Å². The van der Waals surface area contributed by atoms with Crippen molar-refractivity contribution in [2.75, 3.05) is 0 Å². The van der Waals surface area contributed by atoms with Gasteiger partial charge in [-0.3, -0.25) is 9.25 Å². The molecule has 3 aromatic heterocycles. The second kappa shape index (κ2) is 4.31. The number of hydrogen-bond donors (Lipinski definition) is 1. The molecule has 19 heavy (non-hydrogen) atoms. The summed E-state index contributed by atoms with van der Waals surface area (Å²) >= 11 is 5.39. The molecule has 3 heterocycles. The van der Waals surface area contributed by atoms with Crippen molar-refractivity contribution in [2.24, 2.45) is 7.05 Å². The zero-order chi connectivity index (χ0) is 13.6. The summed E-state index contributed by atoms with van der Waals surface area (Å²) in [6, 6.07) is 3.89. The van der Waals surface area contributed by atoms with Crippen molar-refractivity contribution in [3.63, 3.8) is 0 Å². The van der Waals surface area contributed by atoms with Crippen molar-refractivity contribution >= 4 is 23.4 Å². The van der Waals surface area contributed by atoms with Crippen molar-refractivity contribution in [1.29, 1.82) is 0 Å². The summed E-state index contributed by atoms with van der Waals surface area (Å²) in [5, 5.41) is 4.44. The van der Waals surface area contributed by atoms with Crippen LogP contribution in [0.5, 0.6) is 0 Å². The number of nitrogens with one attached hydrogen (secondary N) is 1. The van der Waals surface area contributed by atoms with Crippen LogP contribution in [-0.4, -0.2) is 24.3 Å². The van der Waals surface area contributed by atoms with E-state index in [2.05, 4.69) is 22.0 Å². The third-order valence-corrected chi connectivity index (χ3v) is 3.83. The van der Waals surface area contributed by atoms with Crippen LogP contribution in [0.1, 0.15) is 17.0 Å². The van der Waals surface area contributed by atoms with Gasteiger partial charge in [0.25, 0.3) is 0 Å². The first-order valence-electron chi connectivity index (χ1n) is 6.10. The van der Waals surface area contributed by atoms with Gasteiger partial charge >= 0.3 is 0 Å². The van der Waals surface area contributed by atoms with Crippen LogP contribution in [0.3, 0.4) is 0 Å². The molecular weight excluding hydrogens is 258 g/mol. The molecule has 6 heteroatoms. The minimum absolute atomic E-state index is 0.691. The summed E-state index contributed by atoms with van der Waals surface area (Å²) in [4.78, 5) is 7.58. The van der Waals surface area contributed by atoms with E-state index in [1.165, 1.54) is 5.56 Å². The molecule has 0 spiro atoms. The molecule has 0 aliphatic rings. The highest BCUT2D eigenvalue weighted by atomic mass is 32.1. The predicted molar refractivity (Wildman–Crippen MR) is 76.7 cm³/mol. The molecule has 5 nitrogen and oxygen atoms in total. The number of hydrogen-bond acceptors (Lipinski definition) is 3. The number of pyridine rings is 1. The molecule has 3 rings (SSSR count). The highest BCUT2D eigenvalue weighted by Crippen LogP contribution is 2.17. The maximum absolute atomic E-state index is 5.39. The van der Waals surface area contributed by atoms with E-state index < -0.39 is 0 Å². The minimum atomic E-state index is 0.691. The zero-order valence-electron chi connectivity index (χ0n) is 11.1. The van der Waals surface area contributed by atoms with Crippen LogP contribution in [0.25, 0.3) is 11.2 Å². The lowest BCUT2D eigenvalue weighted by atomic mass is 10.2. The molecule has 1 N–H and O–H groups in total. The third kappa shape index (κ3) is 1.88. The van der Waals surface area contributed by atoms with Gasteiger partial charge in [-0.1, -0.05) is 0 Å². The molecule has 0 saturated carbocycles. The van der Waals surface area contributed by atoms with Gasteiger partial charge in [0.05, 0.1) is 17.8 Å². The number of aromatic amines is 1. The van der Waals surface area contributed by atoms with Gasteiger partial charge in [-0.15, -0.1) is 0 Å². The molecule has 0 bridgehead atoms. The molecule has 0 saturated heterocycles. The van der Waals surface area contributed by atoms with Gasteiger partial charge in [0.15, 0.2) is 10.4 Å². The average molecular weight is 273 g/mol. The average Bonchev–Trinajstić information content (AvgIpc) is 2.82. The lowest BCUT2D eigenvalue weighted by molar-refractivity contribution is 0.727. The highest BCUT2D eigenvalue weighted by molar-refractivity contribution is 7.71. The van der Waals surface area contributed by atoms with Crippen LogP contribution in [0, 0.1) is 18.6 Å². The Morgan fingerprint density at radius 3 is 2.84 bits per heavy atom. The van der Waals surface area contributed by atoms with Crippen molar-refractivity contribution < 1.29 is 0 Å². The Bertz CT molecular complexity index is 808. The van der Waals surface area contributed by atoms with E-state index in [0.717, 1.165) is 22.6 Å². The maximum Gasteiger partial charge on any atom is 0.179 e. The van der Waals surface area contributed by atoms with Crippen LogP contribution >= 0.6 is 12.2 Å². The van der Waals surface area contributed by atoms with Crippen LogP contribution in [0.15, 0.2) is 18.3 Å². The first-order valence-corrected chi connectivity index (χ1v) is 6.51. The summed E-state index contributed by atoms with van der Waals surface area (Å²) in [6.07, 6.45) is 1.78. The molecule has 0 atom stereocenters. The summed E-state index contributed by atoms with van der Waals surface area (Å²) in [6.45, 7) is 4.79. The zero-order valence-corrected chi connectivity index (χ0v) is 12.0. The van der Waals surface area contributed by atoms with Crippen molar-refractivity contribution in [3.05, 3.63) is 40.1 Å². The topological polar surface area (TPSA) is 51.4 Å². The van der Waals surface area contributed by atoms with E-state index in [9.17, 15) is 0 Å². The molecule has 0 radical (unpaired) electrons. The molecule has 98 valence electrons. The second-order valence-electron chi connectivity index (χ2n) is 4.66. The number of rotatable bonds is 2. The summed E-state index contributed by atoms with van der Waals surface area (Å²) in [5.41, 5.74) is 5.24. The van der Waals surface area contributed by atoms with E-state index in [4.69, 9.17) is 12.2 Å². The van der Waals surface area contributed by atoms with Gasteiger partial charge in [0.2, 0.25) is 0 Å². The summed E-state index contributed by atoms with van der Waals surface area (Å²) < 4.78 is 4.61. The van der Waals surface area contributed by atoms with Gasteiger partial charge < -0.3 is 4.98 Å². The Labute approximate surface area is 115 Å². The number of aromatic nitrogens is 5. The van der Waals surface area contributed by atoms with Gasteiger partial charge in [0, 0.05) is 24.5 Å². The molecule has 0 aromatic carbocycles. The molecule has 0 fully saturated rings. The Morgan fingerprint density at radius 2 is 2.16 bits per heavy atom. The lowest BCUT2D eigenvalue weighted by Crippen LogP contribution is -2.03. The van der Waals surface area contributed by atoms with Gasteiger partial charge in [-0.2, -0.15) is 5.10 Å². The van der Waals surface area contributed by atoms with E-state index in [1.807, 2.05) is 35.4 Å². The third-order valence-electron chi connectivity index (χ3n) is 3.50. The Morgan fingerprint density at radius 1 is 1.37 bits per heavy atom. The standard InChI is InChI=1S/C13H15N5S/c1-8-10(9(2)17(3)16-8)7-18-12-11(15-13(18)19)5-4-6-14-12/h4-6H,7H2,1-3H3,(H,15,19). The predicted octanol–water partition coefficient (Wildman–Crippen LogP) is 2.49. The molecule has 0 aliphatic carbocycles. The van der Waals surface area contributed by atoms with Crippen molar-refractivity contribution in [2.45, 2.75) is 20.4 Å². The van der Waals surface area contributed by atoms with E-state index in [1.54, 1.807) is 6.20 Å². The lowest BCUT2D eigenvalue weighted by Gasteiger charge is -2.04. The molecule has 3 aromatic rings. The fraction of sp³-hybridized carbons (Fsp3) is 0.308. The van der Waals surface area contributed by atoms with Crippen LogP contribution < -0.4 is 0 Å². The second-order valence-corrected chi connectivity index (χ2v) is 5.05. The van der Waals surface area contributed by atoms with Crippen LogP contribution in [-0.2, 0) is 13.6 Å². The quantitative estimate of drug-likeness (QED) is 0.730. The first kappa shape index (κ1) is 12.1. The van der Waals surface area contributed by atoms with Gasteiger partial charge in [0.1, 0.15) is 0 Å². The van der Waals surface area contributed by atoms with Gasteiger partial charge in [-0.05, 0) is 38.2 Å². The highest BCUT2D eigenvalue weighted by Gasteiger charge is 2.12. The fourth-order valence-corrected chi connectivity index (χ4v) is 2.60. The minimum Gasteiger partial charge on any atom is -0.329 e. The number of fused-ring (bicyclic) bond motifs is 1. The van der Waals surface area contributed by atoms with Crippen LogP contribution in [0.2, 0.25) is 0 Å². The molecule has 0 amide bonds. The Kier molecular flexibility index (Phi) is 2.74. The maximum atomic E-state index is 5.39. The molecular formula is C13H15N5S. The molecule has 0 aliphatic heterocycles. The van der Waals surface area contributed by atoms with E-state index >= 15 is 0 Å². The smallest absolute Gasteiger partial charge is 0.179 e. The van der Waals surface area contributed by atoms with Crippen molar-refractivity contribution in [3.8, 4) is 0 Å². The summed E-state index contributed by atoms with van der Waals surface area (Å²) in [5.74, 6) is 0. The SMILES string of the molecule is Cc1nn(C)c(C)c1Cn1c(=S)[nH]c2cccnc21. The Hall–Kier alpha value is -1.95. The number of imidazole rings is 1. The monoisotopic (exact) mass is 273 g/mol. The number of nitrogens with zero attached hydrogens (tertiary/aromatic N) is 4. The number of aryl methyl sites for hydroxylation is 2. The van der Waals surface area contributed by atoms with Gasteiger partial charge in [-0.25, -0.2) is 4.98 Å². The molecule has 0 unspecified atom stereocenters. The van der Waals surface area contributed by atoms with E-state index in [0.29, 0.717) is 11.3 Å². The number of H-pyrrole nitrogens is 1. The largest absolute Gasteiger partial charge is 0.329 e. The Balaban J connectivity index is 2.16. The fourth-order valence-electron chi connectivity index (χ4n) is 2.34. The normalized spacial score (nSPS) is 11.3. The van der Waals surface area contributed by atoms with Crippen molar-refractivity contribution in [1.82, 2.24) is 24.3 Å².